The number of urea groups is 1. The molecular weight excluding hydrogens is 404 g/mol. The van der Waals surface area contributed by atoms with Gasteiger partial charge in [0.15, 0.2) is 0 Å². The average Bonchev–Trinajstić information content (AvgIpc) is 3.31. The number of ether oxygens (including phenoxy) is 1. The molecule has 3 aromatic rings. The van der Waals surface area contributed by atoms with E-state index in [1.807, 2.05) is 62.4 Å². The first-order valence-corrected chi connectivity index (χ1v) is 10.7. The normalized spacial score (nSPS) is 13.0. The molecule has 0 bridgehead atoms. The number of benzene rings is 2. The van der Waals surface area contributed by atoms with Crippen LogP contribution >= 0.6 is 0 Å². The monoisotopic (exact) mass is 432 g/mol. The second kappa shape index (κ2) is 9.55. The van der Waals surface area contributed by atoms with Crippen molar-refractivity contribution in [1.82, 2.24) is 9.97 Å². The molecule has 1 fully saturated rings. The zero-order chi connectivity index (χ0) is 22.5. The van der Waals surface area contributed by atoms with Crippen molar-refractivity contribution in [2.45, 2.75) is 26.7 Å². The molecule has 4 rings (SSSR count). The summed E-state index contributed by atoms with van der Waals surface area (Å²) >= 11 is 0. The lowest BCUT2D eigenvalue weighted by atomic mass is 10.2. The standard InChI is InChI=1S/C24H28N6O2/c1-16-14-20(32-3)10-11-21(16)28-24(31)27-19-8-6-18(7-9-19)26-22-15-17(2)25-23(29-22)30-12-4-5-13-30/h6-11,14-15H,4-5,12-13H2,1-3H3,(H,25,26,29)(H2,27,28,31). The van der Waals surface area contributed by atoms with E-state index in [0.29, 0.717) is 5.69 Å². The summed E-state index contributed by atoms with van der Waals surface area (Å²) in [5.74, 6) is 2.28. The zero-order valence-corrected chi connectivity index (χ0v) is 18.6. The Kier molecular flexibility index (Phi) is 6.39. The van der Waals surface area contributed by atoms with Crippen molar-refractivity contribution in [3.8, 4) is 5.75 Å². The fourth-order valence-corrected chi connectivity index (χ4v) is 3.65. The molecule has 32 heavy (non-hydrogen) atoms. The highest BCUT2D eigenvalue weighted by molar-refractivity contribution is 6.00. The topological polar surface area (TPSA) is 91.4 Å². The molecule has 2 aromatic carbocycles. The second-order valence-electron chi connectivity index (χ2n) is 7.85. The van der Waals surface area contributed by atoms with E-state index < -0.39 is 0 Å². The van der Waals surface area contributed by atoms with Gasteiger partial charge in [-0.25, -0.2) is 9.78 Å². The molecule has 8 heteroatoms. The van der Waals surface area contributed by atoms with Crippen LogP contribution in [0.2, 0.25) is 0 Å². The fraction of sp³-hybridized carbons (Fsp3) is 0.292. The maximum Gasteiger partial charge on any atom is 0.323 e. The van der Waals surface area contributed by atoms with Crippen LogP contribution in [0.15, 0.2) is 48.5 Å². The minimum Gasteiger partial charge on any atom is -0.497 e. The Morgan fingerprint density at radius 1 is 0.938 bits per heavy atom. The number of nitrogens with zero attached hydrogens (tertiary/aromatic N) is 3. The van der Waals surface area contributed by atoms with Gasteiger partial charge in [-0.3, -0.25) is 0 Å². The SMILES string of the molecule is COc1ccc(NC(=O)Nc2ccc(Nc3cc(C)nc(N4CCCC4)n3)cc2)c(C)c1. The highest BCUT2D eigenvalue weighted by atomic mass is 16.5. The number of carbonyl (C=O) groups is 1. The first-order valence-electron chi connectivity index (χ1n) is 10.7. The van der Waals surface area contributed by atoms with Crippen LogP contribution in [0.3, 0.4) is 0 Å². The fourth-order valence-electron chi connectivity index (χ4n) is 3.65. The third-order valence-corrected chi connectivity index (χ3v) is 5.33. The number of amides is 2. The average molecular weight is 433 g/mol. The molecule has 1 aliphatic rings. The van der Waals surface area contributed by atoms with Crippen LogP contribution in [0.1, 0.15) is 24.1 Å². The lowest BCUT2D eigenvalue weighted by molar-refractivity contribution is 0.262. The molecule has 0 spiro atoms. The molecule has 166 valence electrons. The summed E-state index contributed by atoms with van der Waals surface area (Å²) in [7, 11) is 1.62. The van der Waals surface area contributed by atoms with Crippen molar-refractivity contribution in [3.63, 3.8) is 0 Å². The van der Waals surface area contributed by atoms with Gasteiger partial charge in [0.05, 0.1) is 7.11 Å². The quantitative estimate of drug-likeness (QED) is 0.503. The number of rotatable bonds is 6. The van der Waals surface area contributed by atoms with E-state index in [0.717, 1.165) is 53.2 Å². The molecule has 2 heterocycles. The number of carbonyl (C=O) groups excluding carboxylic acids is 1. The maximum absolute atomic E-state index is 12.4. The van der Waals surface area contributed by atoms with E-state index in [4.69, 9.17) is 4.74 Å². The van der Waals surface area contributed by atoms with E-state index in [2.05, 4.69) is 30.8 Å². The molecule has 1 aliphatic heterocycles. The van der Waals surface area contributed by atoms with Crippen LogP contribution in [-0.4, -0.2) is 36.2 Å². The first-order chi connectivity index (χ1) is 15.5. The van der Waals surface area contributed by atoms with Crippen molar-refractivity contribution >= 4 is 34.9 Å². The molecule has 0 atom stereocenters. The Bertz CT molecular complexity index is 1090. The van der Waals surface area contributed by atoms with Crippen LogP contribution in [0.25, 0.3) is 0 Å². The van der Waals surface area contributed by atoms with Gasteiger partial charge in [0, 0.05) is 41.9 Å². The van der Waals surface area contributed by atoms with Crippen LogP contribution in [-0.2, 0) is 0 Å². The van der Waals surface area contributed by atoms with Crippen molar-refractivity contribution in [1.29, 1.82) is 0 Å². The number of nitrogens with one attached hydrogen (secondary N) is 3. The Hall–Kier alpha value is -3.81. The largest absolute Gasteiger partial charge is 0.497 e. The van der Waals surface area contributed by atoms with Crippen molar-refractivity contribution < 1.29 is 9.53 Å². The molecule has 1 aromatic heterocycles. The molecule has 2 amide bonds. The van der Waals surface area contributed by atoms with Crippen LogP contribution < -0.4 is 25.6 Å². The smallest absolute Gasteiger partial charge is 0.323 e. The number of anilines is 5. The number of methoxy groups -OCH3 is 1. The number of hydrogen-bond acceptors (Lipinski definition) is 6. The van der Waals surface area contributed by atoms with Gasteiger partial charge in [-0.1, -0.05) is 0 Å². The van der Waals surface area contributed by atoms with Gasteiger partial charge >= 0.3 is 6.03 Å². The lowest BCUT2D eigenvalue weighted by Crippen LogP contribution is -2.21. The lowest BCUT2D eigenvalue weighted by Gasteiger charge is -2.17. The molecule has 1 saturated heterocycles. The molecule has 3 N–H and O–H groups in total. The minimum atomic E-state index is -0.305. The molecule has 0 radical (unpaired) electrons. The van der Waals surface area contributed by atoms with E-state index in [9.17, 15) is 4.79 Å². The van der Waals surface area contributed by atoms with Gasteiger partial charge in [-0.2, -0.15) is 4.98 Å². The van der Waals surface area contributed by atoms with E-state index in [-0.39, 0.29) is 6.03 Å². The summed E-state index contributed by atoms with van der Waals surface area (Å²) in [4.78, 5) is 23.8. The second-order valence-corrected chi connectivity index (χ2v) is 7.85. The Balaban J connectivity index is 1.37. The number of aryl methyl sites for hydroxylation is 2. The van der Waals surface area contributed by atoms with Crippen molar-refractivity contribution in [3.05, 3.63) is 59.8 Å². The molecule has 0 aliphatic carbocycles. The highest BCUT2D eigenvalue weighted by Gasteiger charge is 2.16. The summed E-state index contributed by atoms with van der Waals surface area (Å²) in [5.41, 5.74) is 4.15. The van der Waals surface area contributed by atoms with Gasteiger partial charge < -0.3 is 25.6 Å². The Labute approximate surface area is 188 Å². The number of aromatic nitrogens is 2. The van der Waals surface area contributed by atoms with Crippen molar-refractivity contribution in [2.24, 2.45) is 0 Å². The third-order valence-electron chi connectivity index (χ3n) is 5.33. The highest BCUT2D eigenvalue weighted by Crippen LogP contribution is 2.23. The van der Waals surface area contributed by atoms with Crippen LogP contribution in [0, 0.1) is 13.8 Å². The summed E-state index contributed by atoms with van der Waals surface area (Å²) in [6.45, 7) is 5.90. The summed E-state index contributed by atoms with van der Waals surface area (Å²) < 4.78 is 5.20. The van der Waals surface area contributed by atoms with Crippen molar-refractivity contribution in [2.75, 3.05) is 41.0 Å². The predicted octanol–water partition coefficient (Wildman–Crippen LogP) is 5.09. The van der Waals surface area contributed by atoms with E-state index in [1.54, 1.807) is 7.11 Å². The van der Waals surface area contributed by atoms with E-state index >= 15 is 0 Å². The van der Waals surface area contributed by atoms with Gasteiger partial charge in [0.1, 0.15) is 11.6 Å². The minimum absolute atomic E-state index is 0.305. The summed E-state index contributed by atoms with van der Waals surface area (Å²) in [6, 6.07) is 14.6. The number of hydrogen-bond donors (Lipinski definition) is 3. The summed E-state index contributed by atoms with van der Waals surface area (Å²) in [5, 5.41) is 9.04. The molecular formula is C24H28N6O2. The Morgan fingerprint density at radius 3 is 2.34 bits per heavy atom. The van der Waals surface area contributed by atoms with Crippen LogP contribution in [0.5, 0.6) is 5.75 Å². The van der Waals surface area contributed by atoms with Crippen LogP contribution in [0.4, 0.5) is 33.6 Å². The molecule has 0 saturated carbocycles. The third kappa shape index (κ3) is 5.26. The van der Waals surface area contributed by atoms with Gasteiger partial charge in [-0.05, 0) is 74.7 Å². The Morgan fingerprint density at radius 2 is 1.66 bits per heavy atom. The van der Waals surface area contributed by atoms with Gasteiger partial charge in [0.2, 0.25) is 5.95 Å². The maximum atomic E-state index is 12.4. The van der Waals surface area contributed by atoms with Gasteiger partial charge in [0.25, 0.3) is 0 Å². The first kappa shape index (κ1) is 21.4. The zero-order valence-electron chi connectivity index (χ0n) is 18.6. The predicted molar refractivity (Wildman–Crippen MR) is 128 cm³/mol. The molecule has 8 nitrogen and oxygen atoms in total. The van der Waals surface area contributed by atoms with E-state index in [1.165, 1.54) is 12.8 Å². The molecule has 0 unspecified atom stereocenters. The summed E-state index contributed by atoms with van der Waals surface area (Å²) in [6.07, 6.45) is 2.36. The van der Waals surface area contributed by atoms with Gasteiger partial charge in [-0.15, -0.1) is 0 Å².